The third-order valence-electron chi connectivity index (χ3n) is 3.16. The number of anilines is 1. The zero-order valence-electron chi connectivity index (χ0n) is 9.11. The Bertz CT molecular complexity index is 421. The summed E-state index contributed by atoms with van der Waals surface area (Å²) in [5.41, 5.74) is 0.0387. The number of halogens is 1. The highest BCUT2D eigenvalue weighted by Gasteiger charge is 2.40. The Morgan fingerprint density at radius 2 is 2.31 bits per heavy atom. The van der Waals surface area contributed by atoms with Gasteiger partial charge in [-0.2, -0.15) is 0 Å². The number of hydrogen-bond donors (Lipinski definition) is 1. The van der Waals surface area contributed by atoms with Crippen molar-refractivity contribution in [3.63, 3.8) is 0 Å². The average Bonchev–Trinajstić information content (AvgIpc) is 2.62. The molecule has 0 bridgehead atoms. The molecule has 0 spiro atoms. The van der Waals surface area contributed by atoms with E-state index in [1.807, 2.05) is 4.90 Å². The zero-order chi connectivity index (χ0) is 11.8. The zero-order valence-corrected chi connectivity index (χ0v) is 9.11. The molecule has 0 radical (unpaired) electrons. The normalized spacial score (nSPS) is 24.8. The summed E-state index contributed by atoms with van der Waals surface area (Å²) < 4.78 is 13.0. The number of benzene rings is 1. The van der Waals surface area contributed by atoms with Crippen LogP contribution in [0.4, 0.5) is 10.1 Å². The van der Waals surface area contributed by atoms with Crippen LogP contribution in [0.1, 0.15) is 13.3 Å². The van der Waals surface area contributed by atoms with Gasteiger partial charge in [0.15, 0.2) is 0 Å². The largest absolute Gasteiger partial charge is 0.481 e. The van der Waals surface area contributed by atoms with Crippen molar-refractivity contribution in [1.82, 2.24) is 0 Å². The fourth-order valence-corrected chi connectivity index (χ4v) is 2.03. The molecular weight excluding hydrogens is 209 g/mol. The topological polar surface area (TPSA) is 40.5 Å². The standard InChI is InChI=1S/C12H14FNO2/c1-12(11(15)16)5-6-14(8-12)10-4-2-3-9(13)7-10/h2-4,7H,5-6,8H2,1H3,(H,15,16). The lowest BCUT2D eigenvalue weighted by atomic mass is 9.90. The van der Waals surface area contributed by atoms with Crippen molar-refractivity contribution >= 4 is 11.7 Å². The van der Waals surface area contributed by atoms with Gasteiger partial charge in [-0.3, -0.25) is 4.79 Å². The van der Waals surface area contributed by atoms with Crippen LogP contribution in [-0.2, 0) is 4.79 Å². The second-order valence-electron chi connectivity index (χ2n) is 4.52. The molecule has 1 aliphatic heterocycles. The molecule has 1 unspecified atom stereocenters. The van der Waals surface area contributed by atoms with Gasteiger partial charge in [-0.15, -0.1) is 0 Å². The Morgan fingerprint density at radius 1 is 1.56 bits per heavy atom. The summed E-state index contributed by atoms with van der Waals surface area (Å²) in [6, 6.07) is 6.27. The Kier molecular flexibility index (Phi) is 2.58. The van der Waals surface area contributed by atoms with Gasteiger partial charge in [0, 0.05) is 18.8 Å². The van der Waals surface area contributed by atoms with Gasteiger partial charge in [-0.05, 0) is 31.5 Å². The second kappa shape index (κ2) is 3.77. The van der Waals surface area contributed by atoms with Crippen LogP contribution >= 0.6 is 0 Å². The van der Waals surface area contributed by atoms with E-state index in [-0.39, 0.29) is 5.82 Å². The van der Waals surface area contributed by atoms with Crippen LogP contribution in [0.2, 0.25) is 0 Å². The lowest BCUT2D eigenvalue weighted by molar-refractivity contribution is -0.146. The molecule has 1 aliphatic rings. The molecule has 1 aromatic rings. The smallest absolute Gasteiger partial charge is 0.311 e. The average molecular weight is 223 g/mol. The van der Waals surface area contributed by atoms with E-state index in [0.29, 0.717) is 19.5 Å². The molecule has 2 rings (SSSR count). The molecule has 0 aliphatic carbocycles. The minimum Gasteiger partial charge on any atom is -0.481 e. The number of carboxylic acid groups (broad SMARTS) is 1. The molecule has 86 valence electrons. The van der Waals surface area contributed by atoms with Crippen LogP contribution in [-0.4, -0.2) is 24.2 Å². The number of carbonyl (C=O) groups is 1. The first kappa shape index (κ1) is 10.9. The molecule has 1 saturated heterocycles. The highest BCUT2D eigenvalue weighted by atomic mass is 19.1. The van der Waals surface area contributed by atoms with Crippen LogP contribution in [0.3, 0.4) is 0 Å². The molecule has 0 saturated carbocycles. The summed E-state index contributed by atoms with van der Waals surface area (Å²) in [4.78, 5) is 13.0. The highest BCUT2D eigenvalue weighted by Crippen LogP contribution is 2.33. The van der Waals surface area contributed by atoms with Gasteiger partial charge in [0.25, 0.3) is 0 Å². The van der Waals surface area contributed by atoms with Gasteiger partial charge in [-0.25, -0.2) is 4.39 Å². The van der Waals surface area contributed by atoms with Gasteiger partial charge in [0.1, 0.15) is 5.82 Å². The van der Waals surface area contributed by atoms with Crippen molar-refractivity contribution in [1.29, 1.82) is 0 Å². The first-order valence-corrected chi connectivity index (χ1v) is 5.25. The molecule has 1 aromatic carbocycles. The maximum atomic E-state index is 13.0. The minimum atomic E-state index is -0.786. The Balaban J connectivity index is 2.18. The molecule has 3 nitrogen and oxygen atoms in total. The van der Waals surface area contributed by atoms with E-state index in [1.165, 1.54) is 12.1 Å². The van der Waals surface area contributed by atoms with Crippen LogP contribution in [0.15, 0.2) is 24.3 Å². The molecule has 1 atom stereocenters. The predicted molar refractivity (Wildman–Crippen MR) is 59.0 cm³/mol. The summed E-state index contributed by atoms with van der Waals surface area (Å²) in [6.45, 7) is 2.83. The molecule has 1 fully saturated rings. The van der Waals surface area contributed by atoms with Gasteiger partial charge in [0.2, 0.25) is 0 Å². The molecule has 0 amide bonds. The second-order valence-corrected chi connectivity index (χ2v) is 4.52. The highest BCUT2D eigenvalue weighted by molar-refractivity contribution is 5.76. The molecule has 4 heteroatoms. The van der Waals surface area contributed by atoms with E-state index >= 15 is 0 Å². The molecular formula is C12H14FNO2. The minimum absolute atomic E-state index is 0.290. The van der Waals surface area contributed by atoms with Crippen LogP contribution in [0, 0.1) is 11.2 Å². The Labute approximate surface area is 93.5 Å². The van der Waals surface area contributed by atoms with Crippen LogP contribution < -0.4 is 4.90 Å². The summed E-state index contributed by atoms with van der Waals surface area (Å²) in [5, 5.41) is 9.09. The monoisotopic (exact) mass is 223 g/mol. The van der Waals surface area contributed by atoms with Crippen LogP contribution in [0.5, 0.6) is 0 Å². The van der Waals surface area contributed by atoms with Crippen molar-refractivity contribution in [2.24, 2.45) is 5.41 Å². The predicted octanol–water partition coefficient (Wildman–Crippen LogP) is 2.13. The molecule has 1 heterocycles. The molecule has 16 heavy (non-hydrogen) atoms. The fraction of sp³-hybridized carbons (Fsp3) is 0.417. The first-order valence-electron chi connectivity index (χ1n) is 5.25. The van der Waals surface area contributed by atoms with Crippen molar-refractivity contribution < 1.29 is 14.3 Å². The number of nitrogens with zero attached hydrogens (tertiary/aromatic N) is 1. The van der Waals surface area contributed by atoms with Crippen LogP contribution in [0.25, 0.3) is 0 Å². The lowest BCUT2D eigenvalue weighted by Crippen LogP contribution is -2.31. The first-order chi connectivity index (χ1) is 7.51. The Hall–Kier alpha value is -1.58. The third-order valence-corrected chi connectivity index (χ3v) is 3.16. The van der Waals surface area contributed by atoms with Gasteiger partial charge >= 0.3 is 5.97 Å². The number of rotatable bonds is 2. The Morgan fingerprint density at radius 3 is 2.88 bits per heavy atom. The fourth-order valence-electron chi connectivity index (χ4n) is 2.03. The van der Waals surface area contributed by atoms with Crippen molar-refractivity contribution in [3.8, 4) is 0 Å². The van der Waals surface area contributed by atoms with E-state index in [0.717, 1.165) is 5.69 Å². The van der Waals surface area contributed by atoms with E-state index in [9.17, 15) is 9.18 Å². The quantitative estimate of drug-likeness (QED) is 0.835. The molecule has 0 aromatic heterocycles. The molecule has 1 N–H and O–H groups in total. The summed E-state index contributed by atoms with van der Waals surface area (Å²) in [5.74, 6) is -1.08. The van der Waals surface area contributed by atoms with E-state index in [2.05, 4.69) is 0 Å². The lowest BCUT2D eigenvalue weighted by Gasteiger charge is -2.21. The van der Waals surface area contributed by atoms with Crippen molar-refractivity contribution in [2.75, 3.05) is 18.0 Å². The van der Waals surface area contributed by atoms with Crippen molar-refractivity contribution in [3.05, 3.63) is 30.1 Å². The third kappa shape index (κ3) is 1.87. The van der Waals surface area contributed by atoms with E-state index in [1.54, 1.807) is 19.1 Å². The summed E-state index contributed by atoms with van der Waals surface area (Å²) in [6.07, 6.45) is 0.596. The summed E-state index contributed by atoms with van der Waals surface area (Å²) >= 11 is 0. The SMILES string of the molecule is CC1(C(=O)O)CCN(c2cccc(F)c2)C1. The van der Waals surface area contributed by atoms with Gasteiger partial charge in [0.05, 0.1) is 5.41 Å². The summed E-state index contributed by atoms with van der Waals surface area (Å²) in [7, 11) is 0. The number of carboxylic acids is 1. The van der Waals surface area contributed by atoms with E-state index in [4.69, 9.17) is 5.11 Å². The maximum Gasteiger partial charge on any atom is 0.311 e. The number of aliphatic carboxylic acids is 1. The van der Waals surface area contributed by atoms with Gasteiger partial charge < -0.3 is 10.0 Å². The van der Waals surface area contributed by atoms with E-state index < -0.39 is 11.4 Å². The maximum absolute atomic E-state index is 13.0. The van der Waals surface area contributed by atoms with Gasteiger partial charge in [-0.1, -0.05) is 6.07 Å². The number of hydrogen-bond acceptors (Lipinski definition) is 2. The van der Waals surface area contributed by atoms with Crippen molar-refractivity contribution in [2.45, 2.75) is 13.3 Å².